The maximum Gasteiger partial charge on any atom is 0.267 e. The minimum absolute atomic E-state index is 0.0684. The molecule has 0 atom stereocenters. The van der Waals surface area contributed by atoms with Crippen LogP contribution in [0.2, 0.25) is 5.02 Å². The van der Waals surface area contributed by atoms with E-state index in [1.54, 1.807) is 23.1 Å². The van der Waals surface area contributed by atoms with Gasteiger partial charge in [-0.15, -0.1) is 0 Å². The van der Waals surface area contributed by atoms with Crippen LogP contribution < -0.4 is 0 Å². The Balaban J connectivity index is 1.72. The van der Waals surface area contributed by atoms with Gasteiger partial charge in [0, 0.05) is 10.6 Å². The smallest absolute Gasteiger partial charge is 0.267 e. The van der Waals surface area contributed by atoms with Crippen LogP contribution in [-0.4, -0.2) is 21.1 Å². The number of hydrogen-bond acceptors (Lipinski definition) is 4. The van der Waals surface area contributed by atoms with Gasteiger partial charge < -0.3 is 5.11 Å². The molecule has 1 aliphatic heterocycles. The van der Waals surface area contributed by atoms with Crippen molar-refractivity contribution in [3.8, 4) is 5.75 Å². The Morgan fingerprint density at radius 2 is 1.80 bits per heavy atom. The van der Waals surface area contributed by atoms with Crippen molar-refractivity contribution < 1.29 is 9.90 Å². The maximum atomic E-state index is 13.2. The van der Waals surface area contributed by atoms with Crippen LogP contribution in [0, 0.1) is 6.92 Å². The monoisotopic (exact) mass is 434 g/mol. The normalized spacial score (nSPS) is 16.6. The molecule has 1 amide bonds. The van der Waals surface area contributed by atoms with Crippen molar-refractivity contribution in [2.45, 2.75) is 13.5 Å². The number of nitrogens with zero attached hydrogens (tertiary/aromatic N) is 2. The van der Waals surface area contributed by atoms with Gasteiger partial charge in [-0.25, -0.2) is 4.99 Å². The standard InChI is InChI=1S/C24H19ClN2O2S/c1-16-7-10-20(11-8-16)26-24-27(15-17-5-3-2-4-6-17)23(29)22(30-24)14-18-13-19(25)9-12-21(18)28/h2-14,28H,15H2,1H3/b22-14+,26-24?. The number of amidine groups is 1. The summed E-state index contributed by atoms with van der Waals surface area (Å²) in [4.78, 5) is 20.1. The first-order chi connectivity index (χ1) is 14.5. The summed E-state index contributed by atoms with van der Waals surface area (Å²) in [6, 6.07) is 22.4. The second-order valence-electron chi connectivity index (χ2n) is 6.92. The van der Waals surface area contributed by atoms with E-state index < -0.39 is 0 Å². The zero-order chi connectivity index (χ0) is 21.1. The Morgan fingerprint density at radius 3 is 2.53 bits per heavy atom. The van der Waals surface area contributed by atoms with E-state index >= 15 is 0 Å². The minimum Gasteiger partial charge on any atom is -0.507 e. The topological polar surface area (TPSA) is 52.9 Å². The Bertz CT molecular complexity index is 1140. The molecule has 1 aliphatic rings. The van der Waals surface area contributed by atoms with Gasteiger partial charge in [0.05, 0.1) is 17.1 Å². The zero-order valence-electron chi connectivity index (χ0n) is 16.2. The third kappa shape index (κ3) is 4.58. The molecule has 4 rings (SSSR count). The zero-order valence-corrected chi connectivity index (χ0v) is 17.8. The first-order valence-corrected chi connectivity index (χ1v) is 10.6. The SMILES string of the molecule is Cc1ccc(N=C2S/C(=C/c3cc(Cl)ccc3O)C(=O)N2Cc2ccccc2)cc1. The van der Waals surface area contributed by atoms with Crippen molar-refractivity contribution in [3.05, 3.63) is 99.4 Å². The number of phenolic OH excluding ortho intramolecular Hbond substituents is 1. The lowest BCUT2D eigenvalue weighted by atomic mass is 10.1. The van der Waals surface area contributed by atoms with Gasteiger partial charge in [0.1, 0.15) is 5.75 Å². The second kappa shape index (κ2) is 8.78. The molecular formula is C24H19ClN2O2S. The number of halogens is 1. The summed E-state index contributed by atoms with van der Waals surface area (Å²) in [5.41, 5.74) is 3.43. The molecule has 0 radical (unpaired) electrons. The van der Waals surface area contributed by atoms with E-state index in [2.05, 4.69) is 0 Å². The van der Waals surface area contributed by atoms with E-state index in [9.17, 15) is 9.90 Å². The third-order valence-electron chi connectivity index (χ3n) is 4.61. The number of thioether (sulfide) groups is 1. The highest BCUT2D eigenvalue weighted by Crippen LogP contribution is 2.36. The summed E-state index contributed by atoms with van der Waals surface area (Å²) in [6.07, 6.45) is 1.66. The highest BCUT2D eigenvalue weighted by atomic mass is 35.5. The number of aliphatic imine (C=N–C) groups is 1. The quantitative estimate of drug-likeness (QED) is 0.500. The Hall–Kier alpha value is -3.02. The molecule has 6 heteroatoms. The molecule has 0 unspecified atom stereocenters. The molecule has 1 saturated heterocycles. The van der Waals surface area contributed by atoms with Crippen molar-refractivity contribution >= 4 is 46.2 Å². The number of phenols is 1. The van der Waals surface area contributed by atoms with Gasteiger partial charge in [0.25, 0.3) is 5.91 Å². The molecule has 1 N–H and O–H groups in total. The lowest BCUT2D eigenvalue weighted by molar-refractivity contribution is -0.122. The van der Waals surface area contributed by atoms with Crippen LogP contribution in [0.4, 0.5) is 5.69 Å². The molecule has 0 saturated carbocycles. The number of amides is 1. The van der Waals surface area contributed by atoms with E-state index in [4.69, 9.17) is 16.6 Å². The molecule has 4 nitrogen and oxygen atoms in total. The molecule has 0 spiro atoms. The molecule has 0 aliphatic carbocycles. The average Bonchev–Trinajstić information content (AvgIpc) is 3.02. The highest BCUT2D eigenvalue weighted by Gasteiger charge is 2.33. The number of benzene rings is 3. The van der Waals surface area contributed by atoms with Crippen molar-refractivity contribution in [1.82, 2.24) is 4.90 Å². The number of carbonyl (C=O) groups excluding carboxylic acids is 1. The summed E-state index contributed by atoms with van der Waals surface area (Å²) >= 11 is 7.34. The van der Waals surface area contributed by atoms with Gasteiger partial charge in [-0.1, -0.05) is 59.6 Å². The van der Waals surface area contributed by atoms with E-state index in [-0.39, 0.29) is 11.7 Å². The third-order valence-corrected chi connectivity index (χ3v) is 5.85. The molecule has 1 heterocycles. The predicted octanol–water partition coefficient (Wildman–Crippen LogP) is 6.16. The van der Waals surface area contributed by atoms with Gasteiger partial charge in [0.2, 0.25) is 0 Å². The fourth-order valence-corrected chi connectivity index (χ4v) is 4.18. The summed E-state index contributed by atoms with van der Waals surface area (Å²) < 4.78 is 0. The molecule has 1 fully saturated rings. The summed E-state index contributed by atoms with van der Waals surface area (Å²) in [7, 11) is 0. The van der Waals surface area contributed by atoms with Crippen LogP contribution in [0.1, 0.15) is 16.7 Å². The summed E-state index contributed by atoms with van der Waals surface area (Å²) in [5, 5.41) is 11.2. The van der Waals surface area contributed by atoms with E-state index in [0.717, 1.165) is 16.8 Å². The van der Waals surface area contributed by atoms with Crippen LogP contribution in [0.25, 0.3) is 6.08 Å². The first kappa shape index (κ1) is 20.3. The number of aryl methyl sites for hydroxylation is 1. The molecule has 3 aromatic carbocycles. The Labute approximate surface area is 184 Å². The summed E-state index contributed by atoms with van der Waals surface area (Å²) in [5.74, 6) is -0.0899. The minimum atomic E-state index is -0.158. The van der Waals surface area contributed by atoms with E-state index in [1.165, 1.54) is 17.8 Å². The largest absolute Gasteiger partial charge is 0.507 e. The number of carbonyl (C=O) groups is 1. The lowest BCUT2D eigenvalue weighted by Gasteiger charge is -2.15. The van der Waals surface area contributed by atoms with Crippen LogP contribution in [0.15, 0.2) is 82.7 Å². The fraction of sp³-hybridized carbons (Fsp3) is 0.0833. The number of hydrogen-bond donors (Lipinski definition) is 1. The van der Waals surface area contributed by atoms with E-state index in [1.807, 2.05) is 61.5 Å². The molecule has 3 aromatic rings. The fourth-order valence-electron chi connectivity index (χ4n) is 3.01. The van der Waals surface area contributed by atoms with Gasteiger partial charge in [-0.05, 0) is 60.7 Å². The van der Waals surface area contributed by atoms with Gasteiger partial charge >= 0.3 is 0 Å². The predicted molar refractivity (Wildman–Crippen MR) is 124 cm³/mol. The second-order valence-corrected chi connectivity index (χ2v) is 8.37. The van der Waals surface area contributed by atoms with Crippen LogP contribution >= 0.6 is 23.4 Å². The van der Waals surface area contributed by atoms with Crippen molar-refractivity contribution in [2.75, 3.05) is 0 Å². The maximum absolute atomic E-state index is 13.2. The number of aromatic hydroxyl groups is 1. The molecule has 0 bridgehead atoms. The van der Waals surface area contributed by atoms with Gasteiger partial charge in [-0.3, -0.25) is 9.69 Å². The average molecular weight is 435 g/mol. The Morgan fingerprint density at radius 1 is 1.07 bits per heavy atom. The molecule has 150 valence electrons. The highest BCUT2D eigenvalue weighted by molar-refractivity contribution is 8.18. The Kier molecular flexibility index (Phi) is 5.93. The van der Waals surface area contributed by atoms with Crippen LogP contribution in [-0.2, 0) is 11.3 Å². The van der Waals surface area contributed by atoms with E-state index in [0.29, 0.717) is 27.2 Å². The lowest BCUT2D eigenvalue weighted by Crippen LogP contribution is -2.28. The summed E-state index contributed by atoms with van der Waals surface area (Å²) in [6.45, 7) is 2.43. The molecule has 0 aromatic heterocycles. The van der Waals surface area contributed by atoms with Gasteiger partial charge in [-0.2, -0.15) is 0 Å². The van der Waals surface area contributed by atoms with Crippen molar-refractivity contribution in [2.24, 2.45) is 4.99 Å². The molecule has 30 heavy (non-hydrogen) atoms. The van der Waals surface area contributed by atoms with Gasteiger partial charge in [0.15, 0.2) is 5.17 Å². The van der Waals surface area contributed by atoms with Crippen LogP contribution in [0.3, 0.4) is 0 Å². The van der Waals surface area contributed by atoms with Crippen LogP contribution in [0.5, 0.6) is 5.75 Å². The van der Waals surface area contributed by atoms with Crippen molar-refractivity contribution in [3.63, 3.8) is 0 Å². The number of rotatable bonds is 4. The van der Waals surface area contributed by atoms with Crippen molar-refractivity contribution in [1.29, 1.82) is 0 Å². The molecular weight excluding hydrogens is 416 g/mol. The first-order valence-electron chi connectivity index (χ1n) is 9.39.